The van der Waals surface area contributed by atoms with Crippen molar-refractivity contribution in [2.75, 3.05) is 0 Å². The van der Waals surface area contributed by atoms with Crippen LogP contribution in [0.4, 0.5) is 0 Å². The molecule has 0 aromatic heterocycles. The summed E-state index contributed by atoms with van der Waals surface area (Å²) in [6.45, 7) is 4.48. The van der Waals surface area contributed by atoms with E-state index in [1.165, 1.54) is 6.42 Å². The van der Waals surface area contributed by atoms with Gasteiger partial charge < -0.3 is 10.4 Å². The third-order valence-electron chi connectivity index (χ3n) is 3.64. The van der Waals surface area contributed by atoms with Crippen molar-refractivity contribution < 1.29 is 9.90 Å². The maximum absolute atomic E-state index is 11.8. The second kappa shape index (κ2) is 5.47. The van der Waals surface area contributed by atoms with E-state index >= 15 is 0 Å². The molecule has 1 fully saturated rings. The van der Waals surface area contributed by atoms with Crippen molar-refractivity contribution in [2.24, 2.45) is 5.41 Å². The molecular weight excluding hydrogens is 238 g/mol. The van der Waals surface area contributed by atoms with Crippen LogP contribution >= 0.6 is 0 Å². The maximum Gasteiger partial charge on any atom is 0.244 e. The molecule has 2 N–H and O–H groups in total. The molecular formula is C16H21NO2. The molecule has 1 atom stereocenters. The Hall–Kier alpha value is -1.77. The summed E-state index contributed by atoms with van der Waals surface area (Å²) in [5.74, 6) is 0.186. The summed E-state index contributed by atoms with van der Waals surface area (Å²) in [6.07, 6.45) is 6.59. The van der Waals surface area contributed by atoms with Gasteiger partial charge >= 0.3 is 0 Å². The summed E-state index contributed by atoms with van der Waals surface area (Å²) in [5, 5.41) is 12.2. The van der Waals surface area contributed by atoms with Crippen LogP contribution in [0.3, 0.4) is 0 Å². The zero-order chi connectivity index (χ0) is 13.9. The number of benzene rings is 1. The lowest BCUT2D eigenvalue weighted by molar-refractivity contribution is -0.117. The average Bonchev–Trinajstić information content (AvgIpc) is 2.68. The number of carbonyl (C=O) groups is 1. The fourth-order valence-corrected chi connectivity index (χ4v) is 2.57. The first-order valence-corrected chi connectivity index (χ1v) is 6.72. The van der Waals surface area contributed by atoms with E-state index in [1.54, 1.807) is 36.4 Å². The first-order valence-electron chi connectivity index (χ1n) is 6.72. The molecule has 0 aliphatic heterocycles. The molecule has 102 valence electrons. The Kier molecular flexibility index (Phi) is 3.93. The molecule has 1 amide bonds. The lowest BCUT2D eigenvalue weighted by Gasteiger charge is -2.17. The largest absolute Gasteiger partial charge is 0.508 e. The highest BCUT2D eigenvalue weighted by molar-refractivity contribution is 5.91. The highest BCUT2D eigenvalue weighted by Gasteiger charge is 2.31. The van der Waals surface area contributed by atoms with Crippen LogP contribution in [0, 0.1) is 5.41 Å². The van der Waals surface area contributed by atoms with E-state index < -0.39 is 0 Å². The molecule has 0 radical (unpaired) electrons. The van der Waals surface area contributed by atoms with Crippen LogP contribution in [0.25, 0.3) is 6.08 Å². The van der Waals surface area contributed by atoms with Crippen LogP contribution < -0.4 is 5.32 Å². The van der Waals surface area contributed by atoms with Gasteiger partial charge in [0.1, 0.15) is 5.75 Å². The first-order chi connectivity index (χ1) is 8.94. The Morgan fingerprint density at radius 2 is 2.05 bits per heavy atom. The van der Waals surface area contributed by atoms with Crippen LogP contribution in [0.2, 0.25) is 0 Å². The van der Waals surface area contributed by atoms with Crippen LogP contribution in [-0.4, -0.2) is 17.1 Å². The minimum Gasteiger partial charge on any atom is -0.508 e. The van der Waals surface area contributed by atoms with Gasteiger partial charge in [-0.3, -0.25) is 4.79 Å². The number of carbonyl (C=O) groups excluding carboxylic acids is 1. The molecule has 1 unspecified atom stereocenters. The van der Waals surface area contributed by atoms with E-state index in [9.17, 15) is 4.79 Å². The van der Waals surface area contributed by atoms with Gasteiger partial charge in [0.05, 0.1) is 0 Å². The number of phenolic OH excluding ortho intramolecular Hbond substituents is 1. The van der Waals surface area contributed by atoms with Gasteiger partial charge in [-0.15, -0.1) is 0 Å². The molecule has 19 heavy (non-hydrogen) atoms. The predicted molar refractivity (Wildman–Crippen MR) is 76.7 cm³/mol. The number of hydrogen-bond donors (Lipinski definition) is 2. The van der Waals surface area contributed by atoms with Gasteiger partial charge in [-0.2, -0.15) is 0 Å². The molecule has 0 spiro atoms. The van der Waals surface area contributed by atoms with Crippen molar-refractivity contribution in [1.29, 1.82) is 0 Å². The van der Waals surface area contributed by atoms with Gasteiger partial charge in [0.2, 0.25) is 5.91 Å². The van der Waals surface area contributed by atoms with Crippen molar-refractivity contribution >= 4 is 12.0 Å². The monoisotopic (exact) mass is 259 g/mol. The lowest BCUT2D eigenvalue weighted by Crippen LogP contribution is -2.32. The molecule has 3 heteroatoms. The summed E-state index contributed by atoms with van der Waals surface area (Å²) in [6, 6.07) is 7.07. The molecule has 0 heterocycles. The molecule has 2 rings (SSSR count). The smallest absolute Gasteiger partial charge is 0.244 e. The minimum absolute atomic E-state index is 0.0456. The molecule has 1 aromatic rings. The number of hydrogen-bond acceptors (Lipinski definition) is 2. The zero-order valence-corrected chi connectivity index (χ0v) is 11.5. The van der Waals surface area contributed by atoms with Gasteiger partial charge in [-0.1, -0.05) is 26.0 Å². The summed E-state index contributed by atoms with van der Waals surface area (Å²) in [4.78, 5) is 11.8. The highest BCUT2D eigenvalue weighted by Crippen LogP contribution is 2.36. The number of aromatic hydroxyl groups is 1. The Labute approximate surface area is 114 Å². The summed E-state index contributed by atoms with van der Waals surface area (Å²) in [7, 11) is 0. The SMILES string of the molecule is CC1(C)CCC(NC(=O)/C=C/c2ccc(O)cc2)C1. The standard InChI is InChI=1S/C16H21NO2/c1-16(2)10-9-13(11-16)17-15(19)8-5-12-3-6-14(18)7-4-12/h3-8,13,18H,9-11H2,1-2H3,(H,17,19)/b8-5+. The number of amides is 1. The fraction of sp³-hybridized carbons (Fsp3) is 0.438. The zero-order valence-electron chi connectivity index (χ0n) is 11.5. The summed E-state index contributed by atoms with van der Waals surface area (Å²) >= 11 is 0. The van der Waals surface area contributed by atoms with Crippen molar-refractivity contribution in [1.82, 2.24) is 5.32 Å². The van der Waals surface area contributed by atoms with Gasteiger partial charge in [-0.05, 0) is 48.4 Å². The molecule has 0 bridgehead atoms. The Morgan fingerprint density at radius 3 is 2.63 bits per heavy atom. The molecule has 3 nitrogen and oxygen atoms in total. The van der Waals surface area contributed by atoms with E-state index in [2.05, 4.69) is 19.2 Å². The van der Waals surface area contributed by atoms with Crippen molar-refractivity contribution in [3.8, 4) is 5.75 Å². The topological polar surface area (TPSA) is 49.3 Å². The predicted octanol–water partition coefficient (Wildman–Crippen LogP) is 3.10. The van der Waals surface area contributed by atoms with Gasteiger partial charge in [0.25, 0.3) is 0 Å². The Balaban J connectivity index is 1.86. The second-order valence-electron chi connectivity index (χ2n) is 6.04. The maximum atomic E-state index is 11.8. The van der Waals surface area contributed by atoms with E-state index in [0.717, 1.165) is 18.4 Å². The van der Waals surface area contributed by atoms with Crippen LogP contribution in [0.5, 0.6) is 5.75 Å². The van der Waals surface area contributed by atoms with E-state index in [4.69, 9.17) is 5.11 Å². The second-order valence-corrected chi connectivity index (χ2v) is 6.04. The summed E-state index contributed by atoms with van der Waals surface area (Å²) in [5.41, 5.74) is 1.25. The van der Waals surface area contributed by atoms with E-state index in [0.29, 0.717) is 11.5 Å². The van der Waals surface area contributed by atoms with Crippen LogP contribution in [0.15, 0.2) is 30.3 Å². The molecule has 1 aliphatic carbocycles. The third-order valence-corrected chi connectivity index (χ3v) is 3.64. The number of nitrogens with one attached hydrogen (secondary N) is 1. The normalized spacial score (nSPS) is 21.7. The van der Waals surface area contributed by atoms with E-state index in [1.807, 2.05) is 0 Å². The quantitative estimate of drug-likeness (QED) is 0.819. The van der Waals surface area contributed by atoms with Gasteiger partial charge in [-0.25, -0.2) is 0 Å². The van der Waals surface area contributed by atoms with Crippen molar-refractivity contribution in [2.45, 2.75) is 39.2 Å². The van der Waals surface area contributed by atoms with Crippen molar-refractivity contribution in [3.63, 3.8) is 0 Å². The molecule has 1 aromatic carbocycles. The van der Waals surface area contributed by atoms with Gasteiger partial charge in [0.15, 0.2) is 0 Å². The fourth-order valence-electron chi connectivity index (χ4n) is 2.57. The van der Waals surface area contributed by atoms with Crippen molar-refractivity contribution in [3.05, 3.63) is 35.9 Å². The van der Waals surface area contributed by atoms with Crippen LogP contribution in [-0.2, 0) is 4.79 Å². The number of rotatable bonds is 3. The first kappa shape index (κ1) is 13.7. The number of phenols is 1. The lowest BCUT2D eigenvalue weighted by atomic mass is 9.92. The third kappa shape index (κ3) is 4.12. The Bertz CT molecular complexity index is 474. The average molecular weight is 259 g/mol. The van der Waals surface area contributed by atoms with Gasteiger partial charge in [0, 0.05) is 12.1 Å². The molecule has 0 saturated heterocycles. The minimum atomic E-state index is -0.0456. The molecule has 1 saturated carbocycles. The summed E-state index contributed by atoms with van der Waals surface area (Å²) < 4.78 is 0. The Morgan fingerprint density at radius 1 is 1.37 bits per heavy atom. The van der Waals surface area contributed by atoms with Crippen LogP contribution in [0.1, 0.15) is 38.7 Å². The van der Waals surface area contributed by atoms with E-state index in [-0.39, 0.29) is 11.7 Å². The molecule has 1 aliphatic rings. The highest BCUT2D eigenvalue weighted by atomic mass is 16.3.